The van der Waals surface area contributed by atoms with E-state index >= 15 is 0 Å². The SMILES string of the molecule is CCc1nc(C2CCOC2)no1. The second kappa shape index (κ2) is 3.23. The maximum Gasteiger partial charge on any atom is 0.226 e. The molecule has 0 bridgehead atoms. The van der Waals surface area contributed by atoms with Crippen LogP contribution in [-0.4, -0.2) is 23.4 Å². The summed E-state index contributed by atoms with van der Waals surface area (Å²) in [4.78, 5) is 4.25. The van der Waals surface area contributed by atoms with Gasteiger partial charge in [0.1, 0.15) is 0 Å². The maximum atomic E-state index is 5.23. The number of ether oxygens (including phenoxy) is 1. The molecule has 1 aliphatic heterocycles. The molecule has 1 aromatic heterocycles. The van der Waals surface area contributed by atoms with Crippen LogP contribution in [0.4, 0.5) is 0 Å². The van der Waals surface area contributed by atoms with E-state index in [2.05, 4.69) is 10.1 Å². The Morgan fingerprint density at radius 1 is 1.58 bits per heavy atom. The number of hydrogen-bond donors (Lipinski definition) is 0. The Morgan fingerprint density at radius 3 is 3.08 bits per heavy atom. The molecule has 0 amide bonds. The van der Waals surface area contributed by atoms with Gasteiger partial charge in [0.2, 0.25) is 5.89 Å². The maximum absolute atomic E-state index is 5.23. The number of nitrogens with zero attached hydrogens (tertiary/aromatic N) is 2. The van der Waals surface area contributed by atoms with Crippen LogP contribution < -0.4 is 0 Å². The Kier molecular flexibility index (Phi) is 2.08. The first kappa shape index (κ1) is 7.73. The fourth-order valence-corrected chi connectivity index (χ4v) is 1.32. The second-order valence-electron chi connectivity index (χ2n) is 2.96. The van der Waals surface area contributed by atoms with Crippen LogP contribution in [0.1, 0.15) is 31.0 Å². The lowest BCUT2D eigenvalue weighted by atomic mass is 10.1. The first-order chi connectivity index (χ1) is 5.90. The van der Waals surface area contributed by atoms with Crippen LogP contribution >= 0.6 is 0 Å². The second-order valence-corrected chi connectivity index (χ2v) is 2.96. The van der Waals surface area contributed by atoms with Gasteiger partial charge in [-0.05, 0) is 6.42 Å². The molecule has 1 fully saturated rings. The minimum absolute atomic E-state index is 0.356. The van der Waals surface area contributed by atoms with E-state index < -0.39 is 0 Å². The van der Waals surface area contributed by atoms with Gasteiger partial charge in [-0.25, -0.2) is 0 Å². The van der Waals surface area contributed by atoms with Gasteiger partial charge in [-0.2, -0.15) is 4.98 Å². The van der Waals surface area contributed by atoms with E-state index in [0.717, 1.165) is 37.8 Å². The third-order valence-corrected chi connectivity index (χ3v) is 2.08. The highest BCUT2D eigenvalue weighted by molar-refractivity contribution is 4.97. The lowest BCUT2D eigenvalue weighted by molar-refractivity contribution is 0.192. The average Bonchev–Trinajstić information content (AvgIpc) is 2.75. The van der Waals surface area contributed by atoms with Gasteiger partial charge >= 0.3 is 0 Å². The Morgan fingerprint density at radius 2 is 2.50 bits per heavy atom. The third-order valence-electron chi connectivity index (χ3n) is 2.08. The molecule has 0 spiro atoms. The van der Waals surface area contributed by atoms with Crippen molar-refractivity contribution in [1.82, 2.24) is 10.1 Å². The molecule has 1 atom stereocenters. The molecule has 1 aliphatic rings. The molecule has 4 heteroatoms. The van der Waals surface area contributed by atoms with E-state index in [-0.39, 0.29) is 0 Å². The smallest absolute Gasteiger partial charge is 0.226 e. The van der Waals surface area contributed by atoms with Crippen molar-refractivity contribution in [2.75, 3.05) is 13.2 Å². The summed E-state index contributed by atoms with van der Waals surface area (Å²) in [5, 5.41) is 3.90. The van der Waals surface area contributed by atoms with Crippen molar-refractivity contribution in [1.29, 1.82) is 0 Å². The van der Waals surface area contributed by atoms with Crippen LogP contribution in [0.25, 0.3) is 0 Å². The van der Waals surface area contributed by atoms with Gasteiger partial charge < -0.3 is 9.26 Å². The number of aryl methyl sites for hydroxylation is 1. The van der Waals surface area contributed by atoms with Crippen LogP contribution in [0, 0.1) is 0 Å². The summed E-state index contributed by atoms with van der Waals surface area (Å²) in [6.07, 6.45) is 1.82. The highest BCUT2D eigenvalue weighted by Crippen LogP contribution is 2.22. The Hall–Kier alpha value is -0.900. The first-order valence-corrected chi connectivity index (χ1v) is 4.30. The summed E-state index contributed by atoms with van der Waals surface area (Å²) in [5.74, 6) is 1.88. The van der Waals surface area contributed by atoms with Crippen LogP contribution in [0.5, 0.6) is 0 Å². The standard InChI is InChI=1S/C8H12N2O2/c1-2-7-9-8(10-12-7)6-3-4-11-5-6/h6H,2-5H2,1H3. The average molecular weight is 168 g/mol. The summed E-state index contributed by atoms with van der Waals surface area (Å²) < 4.78 is 10.2. The number of aromatic nitrogens is 2. The minimum Gasteiger partial charge on any atom is -0.381 e. The molecule has 0 aliphatic carbocycles. The third kappa shape index (κ3) is 1.34. The van der Waals surface area contributed by atoms with Crippen LogP contribution in [0.2, 0.25) is 0 Å². The van der Waals surface area contributed by atoms with Crippen molar-refractivity contribution in [2.24, 2.45) is 0 Å². The van der Waals surface area contributed by atoms with Gasteiger partial charge in [0.05, 0.1) is 6.61 Å². The molecule has 66 valence electrons. The van der Waals surface area contributed by atoms with E-state index in [9.17, 15) is 0 Å². The molecule has 2 rings (SSSR count). The highest BCUT2D eigenvalue weighted by atomic mass is 16.5. The molecule has 1 aromatic rings. The molecule has 1 unspecified atom stereocenters. The van der Waals surface area contributed by atoms with Gasteiger partial charge in [0.15, 0.2) is 5.82 Å². The van der Waals surface area contributed by atoms with Gasteiger partial charge in [0.25, 0.3) is 0 Å². The van der Waals surface area contributed by atoms with Gasteiger partial charge in [0, 0.05) is 18.9 Å². The molecule has 0 radical (unpaired) electrons. The molecular formula is C8H12N2O2. The lowest BCUT2D eigenvalue weighted by Crippen LogP contribution is -1.99. The van der Waals surface area contributed by atoms with Gasteiger partial charge in [-0.15, -0.1) is 0 Å². The van der Waals surface area contributed by atoms with E-state index in [4.69, 9.17) is 9.26 Å². The first-order valence-electron chi connectivity index (χ1n) is 4.30. The zero-order chi connectivity index (χ0) is 8.39. The Bertz CT molecular complexity index is 253. The predicted octanol–water partition coefficient (Wildman–Crippen LogP) is 1.14. The molecule has 1 saturated heterocycles. The summed E-state index contributed by atoms with van der Waals surface area (Å²) in [6, 6.07) is 0. The lowest BCUT2D eigenvalue weighted by Gasteiger charge is -1.97. The highest BCUT2D eigenvalue weighted by Gasteiger charge is 2.22. The summed E-state index contributed by atoms with van der Waals surface area (Å²) in [6.45, 7) is 3.56. The van der Waals surface area contributed by atoms with E-state index in [1.54, 1.807) is 0 Å². The Balaban J connectivity index is 2.11. The van der Waals surface area contributed by atoms with Crippen molar-refractivity contribution >= 4 is 0 Å². The fraction of sp³-hybridized carbons (Fsp3) is 0.750. The summed E-state index contributed by atoms with van der Waals surface area (Å²) in [7, 11) is 0. The fourth-order valence-electron chi connectivity index (χ4n) is 1.32. The molecular weight excluding hydrogens is 156 g/mol. The topological polar surface area (TPSA) is 48.2 Å². The largest absolute Gasteiger partial charge is 0.381 e. The Labute approximate surface area is 70.9 Å². The van der Waals surface area contributed by atoms with Crippen molar-refractivity contribution in [2.45, 2.75) is 25.7 Å². The van der Waals surface area contributed by atoms with Gasteiger partial charge in [-0.1, -0.05) is 12.1 Å². The van der Waals surface area contributed by atoms with E-state index in [1.807, 2.05) is 6.92 Å². The zero-order valence-corrected chi connectivity index (χ0v) is 7.12. The molecule has 0 N–H and O–H groups in total. The minimum atomic E-state index is 0.356. The molecule has 12 heavy (non-hydrogen) atoms. The van der Waals surface area contributed by atoms with Crippen LogP contribution in [0.3, 0.4) is 0 Å². The summed E-state index contributed by atoms with van der Waals surface area (Å²) in [5.41, 5.74) is 0. The van der Waals surface area contributed by atoms with Crippen LogP contribution in [-0.2, 0) is 11.2 Å². The van der Waals surface area contributed by atoms with Crippen molar-refractivity contribution in [3.63, 3.8) is 0 Å². The number of hydrogen-bond acceptors (Lipinski definition) is 4. The molecule has 4 nitrogen and oxygen atoms in total. The molecule has 2 heterocycles. The molecule has 0 saturated carbocycles. The molecule has 0 aromatic carbocycles. The van der Waals surface area contributed by atoms with E-state index in [1.165, 1.54) is 0 Å². The van der Waals surface area contributed by atoms with Crippen LogP contribution in [0.15, 0.2) is 4.52 Å². The van der Waals surface area contributed by atoms with Crippen molar-refractivity contribution in [3.05, 3.63) is 11.7 Å². The van der Waals surface area contributed by atoms with E-state index in [0.29, 0.717) is 5.92 Å². The van der Waals surface area contributed by atoms with Crippen molar-refractivity contribution < 1.29 is 9.26 Å². The summed E-state index contributed by atoms with van der Waals surface area (Å²) >= 11 is 0. The monoisotopic (exact) mass is 168 g/mol. The van der Waals surface area contributed by atoms with Crippen molar-refractivity contribution in [3.8, 4) is 0 Å². The van der Waals surface area contributed by atoms with Gasteiger partial charge in [-0.3, -0.25) is 0 Å². The zero-order valence-electron chi connectivity index (χ0n) is 7.12. The predicted molar refractivity (Wildman–Crippen MR) is 41.9 cm³/mol. The normalized spacial score (nSPS) is 23.2. The number of rotatable bonds is 2. The quantitative estimate of drug-likeness (QED) is 0.664.